The summed E-state index contributed by atoms with van der Waals surface area (Å²) in [5.74, 6) is -0.825. The van der Waals surface area contributed by atoms with E-state index in [1.165, 1.54) is 6.92 Å². The number of carbonyl (C=O) groups is 2. The third kappa shape index (κ3) is 2.99. The second kappa shape index (κ2) is 4.41. The highest BCUT2D eigenvalue weighted by atomic mass is 16.4. The number of piperazine rings is 1. The highest BCUT2D eigenvalue weighted by molar-refractivity contribution is 5.73. The monoisotopic (exact) mass is 200 g/mol. The molecule has 0 aromatic carbocycles. The van der Waals surface area contributed by atoms with Gasteiger partial charge in [0.05, 0.1) is 6.42 Å². The molecule has 5 heteroatoms. The summed E-state index contributed by atoms with van der Waals surface area (Å²) in [6.45, 7) is 4.61. The van der Waals surface area contributed by atoms with Crippen LogP contribution in [0, 0.1) is 0 Å². The Morgan fingerprint density at radius 1 is 1.50 bits per heavy atom. The molecule has 0 saturated carbocycles. The number of rotatable bonds is 2. The number of aliphatic carboxylic acids is 1. The van der Waals surface area contributed by atoms with E-state index < -0.39 is 5.97 Å². The van der Waals surface area contributed by atoms with Crippen LogP contribution >= 0.6 is 0 Å². The van der Waals surface area contributed by atoms with Crippen LogP contribution < -0.4 is 5.32 Å². The zero-order valence-corrected chi connectivity index (χ0v) is 8.49. The maximum atomic E-state index is 11.1. The molecule has 2 N–H and O–H groups in total. The summed E-state index contributed by atoms with van der Waals surface area (Å²) in [5.41, 5.74) is 0. The molecule has 5 nitrogen and oxygen atoms in total. The minimum absolute atomic E-state index is 0.00809. The van der Waals surface area contributed by atoms with Crippen molar-refractivity contribution in [2.45, 2.75) is 32.4 Å². The van der Waals surface area contributed by atoms with Crippen molar-refractivity contribution in [3.8, 4) is 0 Å². The van der Waals surface area contributed by atoms with Crippen LogP contribution in [0.3, 0.4) is 0 Å². The zero-order chi connectivity index (χ0) is 10.7. The number of carboxylic acids is 1. The predicted molar refractivity (Wildman–Crippen MR) is 50.9 cm³/mol. The predicted octanol–water partition coefficient (Wildman–Crippen LogP) is -0.330. The zero-order valence-electron chi connectivity index (χ0n) is 8.49. The van der Waals surface area contributed by atoms with Gasteiger partial charge in [0.1, 0.15) is 0 Å². The highest BCUT2D eigenvalue weighted by Gasteiger charge is 2.26. The number of hydrogen-bond donors (Lipinski definition) is 2. The van der Waals surface area contributed by atoms with Crippen LogP contribution in [0.15, 0.2) is 0 Å². The second-order valence-electron chi connectivity index (χ2n) is 3.79. The fourth-order valence-electron chi connectivity index (χ4n) is 1.77. The van der Waals surface area contributed by atoms with Crippen molar-refractivity contribution >= 4 is 11.9 Å². The maximum Gasteiger partial charge on any atom is 0.304 e. The van der Waals surface area contributed by atoms with E-state index in [-0.39, 0.29) is 24.4 Å². The molecule has 0 radical (unpaired) electrons. The molecule has 1 aliphatic rings. The average molecular weight is 200 g/mol. The summed E-state index contributed by atoms with van der Waals surface area (Å²) in [7, 11) is 0. The molecular weight excluding hydrogens is 184 g/mol. The van der Waals surface area contributed by atoms with Gasteiger partial charge < -0.3 is 15.3 Å². The fourth-order valence-corrected chi connectivity index (χ4v) is 1.77. The van der Waals surface area contributed by atoms with E-state index in [0.29, 0.717) is 13.1 Å². The molecule has 0 unspecified atom stereocenters. The lowest BCUT2D eigenvalue weighted by Crippen LogP contribution is -2.57. The lowest BCUT2D eigenvalue weighted by atomic mass is 10.1. The van der Waals surface area contributed by atoms with E-state index in [2.05, 4.69) is 5.32 Å². The summed E-state index contributed by atoms with van der Waals surface area (Å²) in [6.07, 6.45) is 0.0636. The SMILES string of the molecule is CC(=O)N1C[C@@H](CC(=O)O)N[C@@H](C)C1. The topological polar surface area (TPSA) is 69.6 Å². The van der Waals surface area contributed by atoms with Crippen molar-refractivity contribution in [1.82, 2.24) is 10.2 Å². The van der Waals surface area contributed by atoms with Gasteiger partial charge in [-0.25, -0.2) is 0 Å². The number of carboxylic acid groups (broad SMARTS) is 1. The Labute approximate surface area is 83.1 Å². The lowest BCUT2D eigenvalue weighted by Gasteiger charge is -2.36. The average Bonchev–Trinajstić information content (AvgIpc) is 2.01. The van der Waals surface area contributed by atoms with Crippen LogP contribution in [0.2, 0.25) is 0 Å². The van der Waals surface area contributed by atoms with Crippen LogP contribution in [0.1, 0.15) is 20.3 Å². The molecule has 0 bridgehead atoms. The normalized spacial score (nSPS) is 27.4. The molecule has 0 spiro atoms. The van der Waals surface area contributed by atoms with Gasteiger partial charge in [0.15, 0.2) is 0 Å². The summed E-state index contributed by atoms with van der Waals surface area (Å²) in [5, 5.41) is 11.8. The molecule has 2 atom stereocenters. The first-order valence-corrected chi connectivity index (χ1v) is 4.72. The van der Waals surface area contributed by atoms with Crippen molar-refractivity contribution < 1.29 is 14.7 Å². The van der Waals surface area contributed by atoms with Gasteiger partial charge >= 0.3 is 5.97 Å². The Morgan fingerprint density at radius 3 is 2.64 bits per heavy atom. The summed E-state index contributed by atoms with van der Waals surface area (Å²) < 4.78 is 0. The molecule has 14 heavy (non-hydrogen) atoms. The molecule has 1 amide bonds. The molecule has 0 aromatic heterocycles. The molecule has 1 heterocycles. The highest BCUT2D eigenvalue weighted by Crippen LogP contribution is 2.07. The largest absolute Gasteiger partial charge is 0.481 e. The molecule has 1 rings (SSSR count). The number of hydrogen-bond acceptors (Lipinski definition) is 3. The van der Waals surface area contributed by atoms with Gasteiger partial charge in [-0.15, -0.1) is 0 Å². The second-order valence-corrected chi connectivity index (χ2v) is 3.79. The number of amides is 1. The minimum atomic E-state index is -0.833. The Bertz CT molecular complexity index is 242. The fraction of sp³-hybridized carbons (Fsp3) is 0.778. The third-order valence-electron chi connectivity index (χ3n) is 2.32. The summed E-state index contributed by atoms with van der Waals surface area (Å²) in [4.78, 5) is 23.3. The molecule has 0 aliphatic carbocycles. The van der Waals surface area contributed by atoms with E-state index in [0.717, 1.165) is 0 Å². The van der Waals surface area contributed by atoms with Crippen LogP contribution in [-0.4, -0.2) is 47.1 Å². The first-order chi connectivity index (χ1) is 6.49. The van der Waals surface area contributed by atoms with Crippen molar-refractivity contribution in [2.24, 2.45) is 0 Å². The Balaban J connectivity index is 2.53. The van der Waals surface area contributed by atoms with Gasteiger partial charge in [0.25, 0.3) is 0 Å². The minimum Gasteiger partial charge on any atom is -0.481 e. The van der Waals surface area contributed by atoms with Crippen LogP contribution in [-0.2, 0) is 9.59 Å². The molecule has 1 fully saturated rings. The van der Waals surface area contributed by atoms with Gasteiger partial charge in [0, 0.05) is 32.1 Å². The third-order valence-corrected chi connectivity index (χ3v) is 2.32. The maximum absolute atomic E-state index is 11.1. The first-order valence-electron chi connectivity index (χ1n) is 4.72. The van der Waals surface area contributed by atoms with Crippen molar-refractivity contribution in [3.63, 3.8) is 0 Å². The summed E-state index contributed by atoms with van der Waals surface area (Å²) >= 11 is 0. The van der Waals surface area contributed by atoms with Crippen molar-refractivity contribution in [2.75, 3.05) is 13.1 Å². The van der Waals surface area contributed by atoms with Crippen LogP contribution in [0.25, 0.3) is 0 Å². The van der Waals surface area contributed by atoms with Gasteiger partial charge in [-0.1, -0.05) is 0 Å². The van der Waals surface area contributed by atoms with Crippen molar-refractivity contribution in [1.29, 1.82) is 0 Å². The number of nitrogens with zero attached hydrogens (tertiary/aromatic N) is 1. The molecular formula is C9H16N2O3. The van der Waals surface area contributed by atoms with E-state index in [4.69, 9.17) is 5.11 Å². The smallest absolute Gasteiger partial charge is 0.304 e. The van der Waals surface area contributed by atoms with E-state index >= 15 is 0 Å². The molecule has 80 valence electrons. The van der Waals surface area contributed by atoms with E-state index in [9.17, 15) is 9.59 Å². The van der Waals surface area contributed by atoms with Gasteiger partial charge in [-0.05, 0) is 6.92 Å². The molecule has 1 saturated heterocycles. The number of carbonyl (C=O) groups excluding carboxylic acids is 1. The van der Waals surface area contributed by atoms with E-state index in [1.807, 2.05) is 6.92 Å². The van der Waals surface area contributed by atoms with Crippen molar-refractivity contribution in [3.05, 3.63) is 0 Å². The van der Waals surface area contributed by atoms with E-state index in [1.54, 1.807) is 4.90 Å². The first kappa shape index (κ1) is 11.0. The van der Waals surface area contributed by atoms with Gasteiger partial charge in [-0.2, -0.15) is 0 Å². The Kier molecular flexibility index (Phi) is 3.46. The lowest BCUT2D eigenvalue weighted by molar-refractivity contribution is -0.139. The van der Waals surface area contributed by atoms with Crippen LogP contribution in [0.4, 0.5) is 0 Å². The standard InChI is InChI=1S/C9H16N2O3/c1-6-4-11(7(2)12)5-8(10-6)3-9(13)14/h6,8,10H,3-5H2,1-2H3,(H,13,14)/t6-,8+/m0/s1. The number of nitrogens with one attached hydrogen (secondary N) is 1. The van der Waals surface area contributed by atoms with Crippen LogP contribution in [0.5, 0.6) is 0 Å². The molecule has 1 aliphatic heterocycles. The summed E-state index contributed by atoms with van der Waals surface area (Å²) in [6, 6.07) is 0.0390. The quantitative estimate of drug-likeness (QED) is 0.640. The Morgan fingerprint density at radius 2 is 2.14 bits per heavy atom. The molecule has 0 aromatic rings. The van der Waals surface area contributed by atoms with Gasteiger partial charge in [0.2, 0.25) is 5.91 Å². The van der Waals surface area contributed by atoms with Gasteiger partial charge in [-0.3, -0.25) is 9.59 Å². The Hall–Kier alpha value is -1.10.